The van der Waals surface area contributed by atoms with Crippen LogP contribution < -0.4 is 10.5 Å². The van der Waals surface area contributed by atoms with E-state index >= 15 is 0 Å². The van der Waals surface area contributed by atoms with Gasteiger partial charge in [0.1, 0.15) is 5.82 Å². The van der Waals surface area contributed by atoms with Gasteiger partial charge in [0.25, 0.3) is 0 Å². The predicted octanol–water partition coefficient (Wildman–Crippen LogP) is 3.09. The molecule has 0 aliphatic heterocycles. The molecule has 34 heavy (non-hydrogen) atoms. The molecule has 4 rings (SSSR count). The number of hydrogen-bond donors (Lipinski definition) is 2. The van der Waals surface area contributed by atoms with Crippen LogP contribution in [0.2, 0.25) is 0 Å². The number of rotatable bonds is 9. The number of amides is 1. The van der Waals surface area contributed by atoms with Crippen LogP contribution in [0.25, 0.3) is 16.7 Å². The molecule has 0 saturated carbocycles. The minimum absolute atomic E-state index is 0.0262. The van der Waals surface area contributed by atoms with E-state index in [-0.39, 0.29) is 23.3 Å². The lowest BCUT2D eigenvalue weighted by Crippen LogP contribution is -2.27. The third-order valence-electron chi connectivity index (χ3n) is 5.72. The molecule has 0 saturated heterocycles. The number of nitrogens with one attached hydrogen (secondary N) is 1. The third kappa shape index (κ3) is 5.18. The van der Waals surface area contributed by atoms with Gasteiger partial charge >= 0.3 is 0 Å². The zero-order chi connectivity index (χ0) is 24.3. The van der Waals surface area contributed by atoms with Crippen molar-refractivity contribution in [2.24, 2.45) is 5.14 Å². The van der Waals surface area contributed by atoms with E-state index < -0.39 is 10.0 Å². The Morgan fingerprint density at radius 3 is 2.59 bits per heavy atom. The van der Waals surface area contributed by atoms with Crippen molar-refractivity contribution >= 4 is 27.0 Å². The lowest BCUT2D eigenvalue weighted by molar-refractivity contribution is -0.121. The Bertz CT molecular complexity index is 1390. The van der Waals surface area contributed by atoms with E-state index in [9.17, 15) is 13.2 Å². The van der Waals surface area contributed by atoms with Gasteiger partial charge in [-0.15, -0.1) is 0 Å². The first kappa shape index (κ1) is 23.7. The van der Waals surface area contributed by atoms with Crippen LogP contribution in [-0.2, 0) is 27.8 Å². The fraction of sp³-hybridized carbons (Fsp3) is 0.292. The number of carbonyl (C=O) groups is 1. The van der Waals surface area contributed by atoms with Crippen LogP contribution >= 0.6 is 0 Å². The SMILES string of the molecule is CCCn1c(CCC(=O)N[C@H](C)c2ccc(-n3ccnc3)cc2)nc2cc(S(N)(=O)=O)ccc21. The minimum Gasteiger partial charge on any atom is -0.350 e. The lowest BCUT2D eigenvalue weighted by Gasteiger charge is -2.15. The van der Waals surface area contributed by atoms with Crippen LogP contribution in [0, 0.1) is 0 Å². The summed E-state index contributed by atoms with van der Waals surface area (Å²) in [6.45, 7) is 4.73. The Morgan fingerprint density at radius 1 is 1.18 bits per heavy atom. The molecule has 0 bridgehead atoms. The average Bonchev–Trinajstić information content (AvgIpc) is 3.46. The molecule has 0 unspecified atom stereocenters. The molecule has 2 heterocycles. The van der Waals surface area contributed by atoms with Crippen molar-refractivity contribution in [2.45, 2.75) is 50.6 Å². The van der Waals surface area contributed by atoms with Gasteiger partial charge in [-0.25, -0.2) is 23.5 Å². The zero-order valence-electron chi connectivity index (χ0n) is 19.2. The number of aryl methyl sites for hydroxylation is 2. The molecule has 4 aromatic rings. The van der Waals surface area contributed by atoms with Gasteiger partial charge in [-0.05, 0) is 49.2 Å². The monoisotopic (exact) mass is 480 g/mol. The highest BCUT2D eigenvalue weighted by Crippen LogP contribution is 2.22. The highest BCUT2D eigenvalue weighted by Gasteiger charge is 2.16. The first-order chi connectivity index (χ1) is 16.3. The van der Waals surface area contributed by atoms with Crippen LogP contribution in [0.4, 0.5) is 0 Å². The van der Waals surface area contributed by atoms with Gasteiger partial charge in [0, 0.05) is 37.5 Å². The average molecular weight is 481 g/mol. The number of nitrogens with two attached hydrogens (primary N) is 1. The van der Waals surface area contributed by atoms with Gasteiger partial charge in [-0.3, -0.25) is 4.79 Å². The molecule has 178 valence electrons. The molecule has 0 aliphatic carbocycles. The fourth-order valence-corrected chi connectivity index (χ4v) is 4.50. The molecule has 0 fully saturated rings. The normalized spacial score (nSPS) is 12.7. The fourth-order valence-electron chi connectivity index (χ4n) is 3.97. The maximum Gasteiger partial charge on any atom is 0.238 e. The topological polar surface area (TPSA) is 125 Å². The third-order valence-corrected chi connectivity index (χ3v) is 6.63. The van der Waals surface area contributed by atoms with Crippen molar-refractivity contribution in [1.82, 2.24) is 24.4 Å². The second-order valence-electron chi connectivity index (χ2n) is 8.23. The number of hydrogen-bond acceptors (Lipinski definition) is 5. The summed E-state index contributed by atoms with van der Waals surface area (Å²) >= 11 is 0. The molecule has 9 nitrogen and oxygen atoms in total. The molecule has 2 aromatic carbocycles. The van der Waals surface area contributed by atoms with Crippen LogP contribution in [0.15, 0.2) is 66.1 Å². The molecular formula is C24H28N6O3S. The summed E-state index contributed by atoms with van der Waals surface area (Å²) < 4.78 is 27.3. The van der Waals surface area contributed by atoms with Gasteiger partial charge in [0.15, 0.2) is 0 Å². The molecule has 1 atom stereocenters. The second kappa shape index (κ2) is 9.78. The maximum atomic E-state index is 12.7. The smallest absolute Gasteiger partial charge is 0.238 e. The Kier molecular flexibility index (Phi) is 6.80. The standard InChI is InChI=1S/C24H28N6O3S/c1-3-13-30-22-9-8-20(34(25,32)33)15-21(22)28-23(30)10-11-24(31)27-17(2)18-4-6-19(7-5-18)29-14-12-26-16-29/h4-9,12,14-17H,3,10-11,13H2,1-2H3,(H,27,31)(H2,25,32,33)/t17-/m1/s1. The summed E-state index contributed by atoms with van der Waals surface area (Å²) in [5, 5.41) is 8.30. The Morgan fingerprint density at radius 2 is 1.94 bits per heavy atom. The lowest BCUT2D eigenvalue weighted by atomic mass is 10.1. The van der Waals surface area contributed by atoms with Crippen molar-refractivity contribution in [3.05, 3.63) is 72.6 Å². The van der Waals surface area contributed by atoms with Crippen LogP contribution in [0.5, 0.6) is 0 Å². The van der Waals surface area contributed by atoms with E-state index in [0.717, 1.165) is 35.6 Å². The Balaban J connectivity index is 1.43. The summed E-state index contributed by atoms with van der Waals surface area (Å²) in [5.41, 5.74) is 3.39. The molecule has 2 aromatic heterocycles. The van der Waals surface area contributed by atoms with E-state index in [2.05, 4.69) is 22.2 Å². The van der Waals surface area contributed by atoms with Gasteiger partial charge < -0.3 is 14.5 Å². The molecular weight excluding hydrogens is 452 g/mol. The van der Waals surface area contributed by atoms with E-state index in [0.29, 0.717) is 11.9 Å². The van der Waals surface area contributed by atoms with Crippen LogP contribution in [0.1, 0.15) is 44.1 Å². The first-order valence-electron chi connectivity index (χ1n) is 11.2. The van der Waals surface area contributed by atoms with Crippen molar-refractivity contribution in [2.75, 3.05) is 0 Å². The molecule has 0 spiro atoms. The molecule has 3 N–H and O–H groups in total. The first-order valence-corrected chi connectivity index (χ1v) is 12.7. The van der Waals surface area contributed by atoms with Crippen molar-refractivity contribution in [3.63, 3.8) is 0 Å². The largest absolute Gasteiger partial charge is 0.350 e. The number of sulfonamides is 1. The van der Waals surface area contributed by atoms with Crippen molar-refractivity contribution in [1.29, 1.82) is 0 Å². The Hall–Kier alpha value is -3.50. The van der Waals surface area contributed by atoms with Gasteiger partial charge in [-0.1, -0.05) is 19.1 Å². The number of imidazole rings is 2. The van der Waals surface area contributed by atoms with Crippen LogP contribution in [0.3, 0.4) is 0 Å². The van der Waals surface area contributed by atoms with Gasteiger partial charge in [0.05, 0.1) is 28.3 Å². The molecule has 10 heteroatoms. The summed E-state index contributed by atoms with van der Waals surface area (Å²) in [5.74, 6) is 0.669. The molecule has 1 amide bonds. The van der Waals surface area contributed by atoms with Gasteiger partial charge in [0.2, 0.25) is 15.9 Å². The number of benzene rings is 2. The van der Waals surface area contributed by atoms with E-state index in [4.69, 9.17) is 5.14 Å². The molecule has 0 radical (unpaired) electrons. The van der Waals surface area contributed by atoms with E-state index in [1.807, 2.05) is 46.5 Å². The summed E-state index contributed by atoms with van der Waals surface area (Å²) in [6.07, 6.45) is 6.94. The van der Waals surface area contributed by atoms with Crippen molar-refractivity contribution < 1.29 is 13.2 Å². The van der Waals surface area contributed by atoms with Gasteiger partial charge in [-0.2, -0.15) is 0 Å². The number of nitrogens with zero attached hydrogens (tertiary/aromatic N) is 4. The quantitative estimate of drug-likeness (QED) is 0.381. The number of fused-ring (bicyclic) bond motifs is 1. The summed E-state index contributed by atoms with van der Waals surface area (Å²) in [7, 11) is -3.81. The number of carbonyl (C=O) groups excluding carboxylic acids is 1. The summed E-state index contributed by atoms with van der Waals surface area (Å²) in [6, 6.07) is 12.5. The number of aromatic nitrogens is 4. The van der Waals surface area contributed by atoms with E-state index in [1.165, 1.54) is 12.1 Å². The second-order valence-corrected chi connectivity index (χ2v) is 9.79. The maximum absolute atomic E-state index is 12.7. The Labute approximate surface area is 198 Å². The highest BCUT2D eigenvalue weighted by atomic mass is 32.2. The zero-order valence-corrected chi connectivity index (χ0v) is 20.0. The summed E-state index contributed by atoms with van der Waals surface area (Å²) in [4.78, 5) is 21.4. The van der Waals surface area contributed by atoms with Crippen LogP contribution in [-0.4, -0.2) is 33.4 Å². The molecule has 0 aliphatic rings. The van der Waals surface area contributed by atoms with E-state index in [1.54, 1.807) is 18.6 Å². The minimum atomic E-state index is -3.81. The van der Waals surface area contributed by atoms with Crippen molar-refractivity contribution in [3.8, 4) is 5.69 Å². The highest BCUT2D eigenvalue weighted by molar-refractivity contribution is 7.89. The predicted molar refractivity (Wildman–Crippen MR) is 130 cm³/mol. The number of primary sulfonamides is 1.